The lowest BCUT2D eigenvalue weighted by molar-refractivity contribution is -0.134. The summed E-state index contributed by atoms with van der Waals surface area (Å²) in [5, 5.41) is 6.57. The third kappa shape index (κ3) is 4.46. The highest BCUT2D eigenvalue weighted by atomic mass is 35.5. The van der Waals surface area contributed by atoms with Crippen LogP contribution in [0, 0.1) is 11.3 Å². The second kappa shape index (κ2) is 9.56. The number of nitrogens with zero attached hydrogens (tertiary/aromatic N) is 1. The molecule has 5 nitrogen and oxygen atoms in total. The molecule has 3 rings (SSSR count). The van der Waals surface area contributed by atoms with Gasteiger partial charge in [0.15, 0.2) is 0 Å². The largest absolute Gasteiger partial charge is 0.351 e. The van der Waals surface area contributed by atoms with Crippen LogP contribution in [-0.2, 0) is 11.3 Å². The molecular formula is C21H32ClN3O2. The zero-order valence-electron chi connectivity index (χ0n) is 16.4. The fourth-order valence-electron chi connectivity index (χ4n) is 4.51. The SMILES string of the molecule is CCN(CC)C(=O)c1ccc(CNC(=O)[C@@]23CCCC[C@H]2CNC3)cc1.Cl. The maximum absolute atomic E-state index is 12.9. The molecule has 1 aromatic rings. The van der Waals surface area contributed by atoms with Crippen molar-refractivity contribution in [3.8, 4) is 0 Å². The van der Waals surface area contributed by atoms with Gasteiger partial charge in [-0.25, -0.2) is 0 Å². The summed E-state index contributed by atoms with van der Waals surface area (Å²) in [5.74, 6) is 0.729. The van der Waals surface area contributed by atoms with Gasteiger partial charge >= 0.3 is 0 Å². The second-order valence-electron chi connectivity index (χ2n) is 7.59. The molecule has 0 spiro atoms. The third-order valence-corrected chi connectivity index (χ3v) is 6.19. The van der Waals surface area contributed by atoms with Crippen molar-refractivity contribution >= 4 is 24.2 Å². The van der Waals surface area contributed by atoms with Crippen molar-refractivity contribution in [2.24, 2.45) is 11.3 Å². The van der Waals surface area contributed by atoms with Gasteiger partial charge in [0.25, 0.3) is 5.91 Å². The molecule has 0 aromatic heterocycles. The predicted molar refractivity (Wildman–Crippen MR) is 110 cm³/mol. The minimum absolute atomic E-state index is 0. The predicted octanol–water partition coefficient (Wildman–Crippen LogP) is 2.99. The average Bonchev–Trinajstić information content (AvgIpc) is 3.12. The molecule has 0 unspecified atom stereocenters. The molecule has 1 aromatic carbocycles. The van der Waals surface area contributed by atoms with Crippen LogP contribution in [0.4, 0.5) is 0 Å². The Morgan fingerprint density at radius 1 is 1.19 bits per heavy atom. The summed E-state index contributed by atoms with van der Waals surface area (Å²) >= 11 is 0. The van der Waals surface area contributed by atoms with Crippen molar-refractivity contribution < 1.29 is 9.59 Å². The first-order chi connectivity index (χ1) is 12.6. The van der Waals surface area contributed by atoms with E-state index in [0.29, 0.717) is 31.1 Å². The van der Waals surface area contributed by atoms with Crippen molar-refractivity contribution in [3.63, 3.8) is 0 Å². The standard InChI is InChI=1S/C21H31N3O2.ClH/c1-3-24(4-2)19(25)17-10-8-16(9-11-17)13-23-20(26)21-12-6-5-7-18(21)14-22-15-21;/h8-11,18,22H,3-7,12-15H2,1-2H3,(H,23,26);1H/t18-,21+;/m0./s1. The minimum atomic E-state index is -0.211. The number of nitrogens with one attached hydrogen (secondary N) is 2. The molecule has 2 atom stereocenters. The van der Waals surface area contributed by atoms with Gasteiger partial charge in [0, 0.05) is 31.7 Å². The normalized spacial score (nSPS) is 23.9. The Morgan fingerprint density at radius 3 is 2.56 bits per heavy atom. The first-order valence-electron chi connectivity index (χ1n) is 9.98. The van der Waals surface area contributed by atoms with E-state index in [1.54, 1.807) is 0 Å². The van der Waals surface area contributed by atoms with Crippen LogP contribution in [-0.4, -0.2) is 42.9 Å². The maximum Gasteiger partial charge on any atom is 0.253 e. The van der Waals surface area contributed by atoms with Crippen molar-refractivity contribution in [2.45, 2.75) is 46.1 Å². The van der Waals surface area contributed by atoms with Crippen LogP contribution in [0.3, 0.4) is 0 Å². The van der Waals surface area contributed by atoms with Gasteiger partial charge in [0.1, 0.15) is 0 Å². The van der Waals surface area contributed by atoms with E-state index in [0.717, 1.165) is 37.9 Å². The van der Waals surface area contributed by atoms with Crippen LogP contribution in [0.2, 0.25) is 0 Å². The fraction of sp³-hybridized carbons (Fsp3) is 0.619. The Labute approximate surface area is 168 Å². The lowest BCUT2D eigenvalue weighted by Crippen LogP contribution is -2.47. The van der Waals surface area contributed by atoms with E-state index in [2.05, 4.69) is 10.6 Å². The number of rotatable bonds is 6. The van der Waals surface area contributed by atoms with E-state index in [1.165, 1.54) is 6.42 Å². The zero-order valence-corrected chi connectivity index (χ0v) is 17.2. The highest BCUT2D eigenvalue weighted by Crippen LogP contribution is 2.43. The van der Waals surface area contributed by atoms with E-state index < -0.39 is 0 Å². The Hall–Kier alpha value is -1.59. The Kier molecular flexibility index (Phi) is 7.68. The fourth-order valence-corrected chi connectivity index (χ4v) is 4.51. The molecule has 2 aliphatic rings. The van der Waals surface area contributed by atoms with Gasteiger partial charge in [-0.3, -0.25) is 9.59 Å². The van der Waals surface area contributed by atoms with Crippen LogP contribution >= 0.6 is 12.4 Å². The maximum atomic E-state index is 12.9. The molecule has 1 saturated carbocycles. The molecule has 2 fully saturated rings. The molecule has 2 N–H and O–H groups in total. The van der Waals surface area contributed by atoms with E-state index in [-0.39, 0.29) is 29.6 Å². The number of carbonyl (C=O) groups is 2. The van der Waals surface area contributed by atoms with Gasteiger partial charge in [0.2, 0.25) is 5.91 Å². The Balaban J connectivity index is 0.00000261. The van der Waals surface area contributed by atoms with Gasteiger partial charge in [-0.05, 0) is 56.8 Å². The van der Waals surface area contributed by atoms with Crippen LogP contribution in [0.25, 0.3) is 0 Å². The lowest BCUT2D eigenvalue weighted by Gasteiger charge is -2.37. The number of hydrogen-bond acceptors (Lipinski definition) is 3. The summed E-state index contributed by atoms with van der Waals surface area (Å²) in [6.07, 6.45) is 4.54. The summed E-state index contributed by atoms with van der Waals surface area (Å²) < 4.78 is 0. The molecule has 1 saturated heterocycles. The van der Waals surface area contributed by atoms with Gasteiger partial charge in [-0.15, -0.1) is 12.4 Å². The molecule has 0 radical (unpaired) electrons. The lowest BCUT2D eigenvalue weighted by atomic mass is 9.67. The summed E-state index contributed by atoms with van der Waals surface area (Å²) in [4.78, 5) is 27.1. The van der Waals surface area contributed by atoms with Crippen LogP contribution < -0.4 is 10.6 Å². The monoisotopic (exact) mass is 393 g/mol. The Morgan fingerprint density at radius 2 is 1.89 bits per heavy atom. The topological polar surface area (TPSA) is 61.4 Å². The summed E-state index contributed by atoms with van der Waals surface area (Å²) in [7, 11) is 0. The highest BCUT2D eigenvalue weighted by molar-refractivity contribution is 5.94. The van der Waals surface area contributed by atoms with Crippen LogP contribution in [0.1, 0.15) is 55.5 Å². The zero-order chi connectivity index (χ0) is 18.6. The number of amides is 2. The van der Waals surface area contributed by atoms with E-state index in [1.807, 2.05) is 43.0 Å². The van der Waals surface area contributed by atoms with Crippen LogP contribution in [0.15, 0.2) is 24.3 Å². The molecule has 1 aliphatic carbocycles. The summed E-state index contributed by atoms with van der Waals surface area (Å²) in [6, 6.07) is 7.61. The van der Waals surface area contributed by atoms with Gasteiger partial charge in [0.05, 0.1) is 5.41 Å². The summed E-state index contributed by atoms with van der Waals surface area (Å²) in [6.45, 7) is 7.69. The number of benzene rings is 1. The van der Waals surface area contributed by atoms with Gasteiger partial charge in [-0.2, -0.15) is 0 Å². The molecular weight excluding hydrogens is 362 g/mol. The van der Waals surface area contributed by atoms with Crippen molar-refractivity contribution in [3.05, 3.63) is 35.4 Å². The number of carbonyl (C=O) groups excluding carboxylic acids is 2. The van der Waals surface area contributed by atoms with E-state index >= 15 is 0 Å². The number of halogens is 1. The van der Waals surface area contributed by atoms with E-state index in [4.69, 9.17) is 0 Å². The summed E-state index contributed by atoms with van der Waals surface area (Å²) in [5.41, 5.74) is 1.52. The molecule has 0 bridgehead atoms. The quantitative estimate of drug-likeness (QED) is 0.781. The Bertz CT molecular complexity index is 645. The highest BCUT2D eigenvalue weighted by Gasteiger charge is 2.49. The number of fused-ring (bicyclic) bond motifs is 1. The minimum Gasteiger partial charge on any atom is -0.351 e. The van der Waals surface area contributed by atoms with Gasteiger partial charge < -0.3 is 15.5 Å². The average molecular weight is 394 g/mol. The van der Waals surface area contributed by atoms with Crippen LogP contribution in [0.5, 0.6) is 0 Å². The number of hydrogen-bond donors (Lipinski definition) is 2. The molecule has 1 aliphatic heterocycles. The van der Waals surface area contributed by atoms with Gasteiger partial charge in [-0.1, -0.05) is 25.0 Å². The first kappa shape index (κ1) is 21.7. The van der Waals surface area contributed by atoms with E-state index in [9.17, 15) is 9.59 Å². The van der Waals surface area contributed by atoms with Crippen molar-refractivity contribution in [1.82, 2.24) is 15.5 Å². The third-order valence-electron chi connectivity index (χ3n) is 6.19. The second-order valence-corrected chi connectivity index (χ2v) is 7.59. The molecule has 6 heteroatoms. The molecule has 27 heavy (non-hydrogen) atoms. The van der Waals surface area contributed by atoms with Crippen molar-refractivity contribution in [1.29, 1.82) is 0 Å². The first-order valence-corrected chi connectivity index (χ1v) is 9.98. The molecule has 2 amide bonds. The molecule has 150 valence electrons. The smallest absolute Gasteiger partial charge is 0.253 e. The van der Waals surface area contributed by atoms with Crippen molar-refractivity contribution in [2.75, 3.05) is 26.2 Å². The molecule has 1 heterocycles.